The second kappa shape index (κ2) is 8.46. The van der Waals surface area contributed by atoms with Gasteiger partial charge in [-0.3, -0.25) is 5.41 Å². The topological polar surface area (TPSA) is 118 Å². The van der Waals surface area contributed by atoms with Crippen molar-refractivity contribution in [1.29, 1.82) is 5.41 Å². The number of nitrogens with zero attached hydrogens (tertiary/aromatic N) is 4. The molecule has 0 amide bonds. The third kappa shape index (κ3) is 5.01. The molecule has 0 atom stereocenters. The van der Waals surface area contributed by atoms with E-state index in [2.05, 4.69) is 31.2 Å². The third-order valence-electron chi connectivity index (χ3n) is 4.19. The maximum atomic E-state index is 8.99. The SMILES string of the molecule is C[N+](C)(C)CCOc1nn2ccccc2c1N=C1C=C(OCCO)C(N)=CC1=N. The lowest BCUT2D eigenvalue weighted by Crippen LogP contribution is -2.38. The Morgan fingerprint density at radius 3 is 2.72 bits per heavy atom. The van der Waals surface area contributed by atoms with Crippen molar-refractivity contribution in [2.24, 2.45) is 10.7 Å². The van der Waals surface area contributed by atoms with E-state index in [0.29, 0.717) is 35.3 Å². The number of nitrogens with two attached hydrogens (primary N) is 1. The molecule has 9 nitrogen and oxygen atoms in total. The number of likely N-dealkylation sites (N-methyl/N-ethyl adjacent to an activating group) is 1. The van der Waals surface area contributed by atoms with Crippen LogP contribution in [0.1, 0.15) is 0 Å². The summed E-state index contributed by atoms with van der Waals surface area (Å²) >= 11 is 0. The average molecular weight is 399 g/mol. The van der Waals surface area contributed by atoms with E-state index in [0.717, 1.165) is 16.5 Å². The van der Waals surface area contributed by atoms with Crippen molar-refractivity contribution in [3.8, 4) is 5.88 Å². The summed E-state index contributed by atoms with van der Waals surface area (Å²) in [6.45, 7) is 1.26. The molecule has 1 aliphatic rings. The molecule has 0 aromatic carbocycles. The zero-order chi connectivity index (χ0) is 21.0. The third-order valence-corrected chi connectivity index (χ3v) is 4.19. The second-order valence-corrected chi connectivity index (χ2v) is 7.64. The van der Waals surface area contributed by atoms with Gasteiger partial charge in [-0.25, -0.2) is 9.51 Å². The number of allylic oxidation sites excluding steroid dienone is 2. The van der Waals surface area contributed by atoms with Gasteiger partial charge < -0.3 is 24.8 Å². The van der Waals surface area contributed by atoms with E-state index in [4.69, 9.17) is 25.7 Å². The lowest BCUT2D eigenvalue weighted by Gasteiger charge is -2.23. The minimum absolute atomic E-state index is 0.108. The molecule has 9 heteroatoms. The molecule has 0 fully saturated rings. The van der Waals surface area contributed by atoms with Crippen LogP contribution in [-0.2, 0) is 4.74 Å². The molecule has 0 aliphatic heterocycles. The van der Waals surface area contributed by atoms with Crippen LogP contribution >= 0.6 is 0 Å². The van der Waals surface area contributed by atoms with Crippen molar-refractivity contribution in [2.75, 3.05) is 47.5 Å². The Balaban J connectivity index is 1.98. The van der Waals surface area contributed by atoms with Gasteiger partial charge in [0.2, 0.25) is 0 Å². The van der Waals surface area contributed by atoms with E-state index in [9.17, 15) is 0 Å². The van der Waals surface area contributed by atoms with E-state index in [1.807, 2.05) is 24.4 Å². The minimum Gasteiger partial charge on any atom is -0.489 e. The first-order valence-electron chi connectivity index (χ1n) is 9.29. The minimum atomic E-state index is -0.132. The summed E-state index contributed by atoms with van der Waals surface area (Å²) in [5, 5.41) is 21.7. The van der Waals surface area contributed by atoms with Gasteiger partial charge in [-0.1, -0.05) is 6.07 Å². The first kappa shape index (κ1) is 20.6. The number of aliphatic hydroxyl groups excluding tert-OH is 1. The number of hydrogen-bond donors (Lipinski definition) is 3. The fraction of sp³-hybridized carbons (Fsp3) is 0.350. The first-order valence-corrected chi connectivity index (χ1v) is 9.29. The molecular formula is C20H27N6O3+. The number of pyridine rings is 1. The summed E-state index contributed by atoms with van der Waals surface area (Å²) < 4.78 is 13.8. The molecule has 29 heavy (non-hydrogen) atoms. The molecule has 0 radical (unpaired) electrons. The summed E-state index contributed by atoms with van der Waals surface area (Å²) in [6, 6.07) is 5.66. The zero-order valence-electron chi connectivity index (χ0n) is 16.9. The molecule has 0 spiro atoms. The number of nitrogens with one attached hydrogen (secondary N) is 1. The van der Waals surface area contributed by atoms with E-state index < -0.39 is 0 Å². The van der Waals surface area contributed by atoms with Crippen molar-refractivity contribution >= 4 is 22.6 Å². The monoisotopic (exact) mass is 399 g/mol. The molecule has 3 rings (SSSR count). The Morgan fingerprint density at radius 2 is 2.00 bits per heavy atom. The predicted molar refractivity (Wildman–Crippen MR) is 112 cm³/mol. The number of ether oxygens (including phenoxy) is 2. The van der Waals surface area contributed by atoms with Crippen LogP contribution in [0.3, 0.4) is 0 Å². The number of aliphatic hydroxyl groups is 1. The quantitative estimate of drug-likeness (QED) is 0.456. The van der Waals surface area contributed by atoms with Crippen molar-refractivity contribution in [2.45, 2.75) is 0 Å². The van der Waals surface area contributed by atoms with Gasteiger partial charge in [0.25, 0.3) is 5.88 Å². The van der Waals surface area contributed by atoms with Crippen molar-refractivity contribution in [3.63, 3.8) is 0 Å². The highest BCUT2D eigenvalue weighted by Gasteiger charge is 2.20. The number of rotatable bonds is 8. The highest BCUT2D eigenvalue weighted by atomic mass is 16.5. The van der Waals surface area contributed by atoms with Gasteiger partial charge in [-0.2, -0.15) is 0 Å². The van der Waals surface area contributed by atoms with Crippen molar-refractivity contribution < 1.29 is 19.1 Å². The molecular weight excluding hydrogens is 372 g/mol. The molecule has 2 aromatic rings. The van der Waals surface area contributed by atoms with Gasteiger partial charge in [0.1, 0.15) is 25.5 Å². The van der Waals surface area contributed by atoms with Crippen LogP contribution in [0.15, 0.2) is 53.0 Å². The van der Waals surface area contributed by atoms with E-state index in [1.165, 1.54) is 6.08 Å². The fourth-order valence-corrected chi connectivity index (χ4v) is 2.66. The van der Waals surface area contributed by atoms with Crippen LogP contribution in [0.4, 0.5) is 5.69 Å². The van der Waals surface area contributed by atoms with E-state index >= 15 is 0 Å². The molecule has 0 saturated heterocycles. The highest BCUT2D eigenvalue weighted by Crippen LogP contribution is 2.32. The van der Waals surface area contributed by atoms with E-state index in [-0.39, 0.29) is 18.9 Å². The molecule has 2 heterocycles. The van der Waals surface area contributed by atoms with E-state index in [1.54, 1.807) is 10.6 Å². The van der Waals surface area contributed by atoms with Crippen LogP contribution in [-0.4, -0.2) is 78.1 Å². The molecule has 2 aromatic heterocycles. The first-order chi connectivity index (χ1) is 13.8. The molecule has 1 aliphatic carbocycles. The molecule has 4 N–H and O–H groups in total. The number of fused-ring (bicyclic) bond motifs is 1. The van der Waals surface area contributed by atoms with Crippen LogP contribution in [0, 0.1) is 5.41 Å². The van der Waals surface area contributed by atoms with Gasteiger partial charge in [0, 0.05) is 12.3 Å². The Hall–Kier alpha value is -3.17. The van der Waals surface area contributed by atoms with Gasteiger partial charge in [0.05, 0.1) is 50.4 Å². The average Bonchev–Trinajstić information content (AvgIpc) is 2.99. The lowest BCUT2D eigenvalue weighted by molar-refractivity contribution is -0.870. The highest BCUT2D eigenvalue weighted by molar-refractivity contribution is 6.50. The fourth-order valence-electron chi connectivity index (χ4n) is 2.66. The second-order valence-electron chi connectivity index (χ2n) is 7.64. The number of aliphatic imine (C=N–C) groups is 1. The summed E-state index contributed by atoms with van der Waals surface area (Å²) in [5.74, 6) is 0.775. The normalized spacial score (nSPS) is 16.1. The van der Waals surface area contributed by atoms with Crippen LogP contribution in [0.5, 0.6) is 5.88 Å². The predicted octanol–water partition coefficient (Wildman–Crippen LogP) is 1.26. The molecule has 0 bridgehead atoms. The van der Waals surface area contributed by atoms with Gasteiger partial charge >= 0.3 is 0 Å². The van der Waals surface area contributed by atoms with Crippen molar-refractivity contribution in [3.05, 3.63) is 48.0 Å². The number of aromatic nitrogens is 2. The van der Waals surface area contributed by atoms with Gasteiger partial charge in [-0.15, -0.1) is 5.10 Å². The Morgan fingerprint density at radius 1 is 1.21 bits per heavy atom. The zero-order valence-corrected chi connectivity index (χ0v) is 16.9. The number of quaternary nitrogens is 1. The molecule has 0 saturated carbocycles. The standard InChI is InChI=1S/C20H27N6O3/c1-26(2,3)8-10-29-20-19(17-6-4-5-7-25(17)24-20)23-16-13-18(28-11-9-27)15(22)12-14(16)21/h4-7,12-13,21,27H,8-11,22H2,1-3H3/q+1. The smallest absolute Gasteiger partial charge is 0.260 e. The summed E-state index contributed by atoms with van der Waals surface area (Å²) in [4.78, 5) is 4.65. The number of hydrogen-bond acceptors (Lipinski definition) is 7. The van der Waals surface area contributed by atoms with Gasteiger partial charge in [0.15, 0.2) is 5.69 Å². The Kier molecular flexibility index (Phi) is 6.00. The summed E-state index contributed by atoms with van der Waals surface area (Å²) in [7, 11) is 6.27. The molecule has 0 unspecified atom stereocenters. The van der Waals surface area contributed by atoms with Crippen LogP contribution < -0.4 is 10.5 Å². The lowest BCUT2D eigenvalue weighted by atomic mass is 10.1. The maximum absolute atomic E-state index is 8.99. The van der Waals surface area contributed by atoms with Crippen LogP contribution in [0.2, 0.25) is 0 Å². The Labute approximate surface area is 169 Å². The molecule has 154 valence electrons. The Bertz CT molecular complexity index is 997. The van der Waals surface area contributed by atoms with Crippen LogP contribution in [0.25, 0.3) is 5.52 Å². The van der Waals surface area contributed by atoms with Crippen molar-refractivity contribution in [1.82, 2.24) is 9.61 Å². The summed E-state index contributed by atoms with van der Waals surface area (Å²) in [6.07, 6.45) is 4.89. The maximum Gasteiger partial charge on any atom is 0.260 e. The largest absolute Gasteiger partial charge is 0.489 e. The van der Waals surface area contributed by atoms with Gasteiger partial charge in [-0.05, 0) is 18.2 Å². The summed E-state index contributed by atoms with van der Waals surface area (Å²) in [5.41, 5.74) is 8.08.